The third kappa shape index (κ3) is 1.08. The van der Waals surface area contributed by atoms with Crippen molar-refractivity contribution < 1.29 is 0 Å². The Labute approximate surface area is 72.0 Å². The fourth-order valence-electron chi connectivity index (χ4n) is 0.878. The molecule has 0 saturated carbocycles. The fourth-order valence-corrected chi connectivity index (χ4v) is 1.95. The lowest BCUT2D eigenvalue weighted by Gasteiger charge is -1.85. The summed E-state index contributed by atoms with van der Waals surface area (Å²) >= 11 is 7.35. The second-order valence-electron chi connectivity index (χ2n) is 2.15. The molecule has 56 valence electrons. The van der Waals surface area contributed by atoms with Gasteiger partial charge < -0.3 is 0 Å². The molecule has 2 heterocycles. The van der Waals surface area contributed by atoms with Gasteiger partial charge in [-0.05, 0) is 18.2 Å². The first-order chi connectivity index (χ1) is 5.27. The van der Waals surface area contributed by atoms with E-state index in [1.54, 1.807) is 11.3 Å². The van der Waals surface area contributed by atoms with E-state index in [9.17, 15) is 0 Å². The topological polar surface area (TPSA) is 38.7 Å². The number of aromatic nitrogens is 3. The molecule has 0 amide bonds. The molecule has 0 aliphatic heterocycles. The van der Waals surface area contributed by atoms with Crippen LogP contribution in [0.15, 0.2) is 6.07 Å². The van der Waals surface area contributed by atoms with Gasteiger partial charge in [-0.15, -0.1) is 21.5 Å². The van der Waals surface area contributed by atoms with Crippen LogP contribution in [0.3, 0.4) is 0 Å². The lowest BCUT2D eigenvalue weighted by Crippen LogP contribution is -1.84. The Morgan fingerprint density at radius 1 is 1.45 bits per heavy atom. The van der Waals surface area contributed by atoms with Gasteiger partial charge in [-0.1, -0.05) is 11.6 Å². The maximum absolute atomic E-state index is 5.77. The van der Waals surface area contributed by atoms with Gasteiger partial charge in [0, 0.05) is 4.88 Å². The largest absolute Gasteiger partial charge is 0.172 e. The van der Waals surface area contributed by atoms with Gasteiger partial charge in [0.15, 0.2) is 5.15 Å². The van der Waals surface area contributed by atoms with Crippen LogP contribution in [0.25, 0.3) is 10.2 Å². The molecule has 0 saturated heterocycles. The highest BCUT2D eigenvalue weighted by molar-refractivity contribution is 7.19. The zero-order valence-corrected chi connectivity index (χ0v) is 7.28. The molecule has 0 bridgehead atoms. The van der Waals surface area contributed by atoms with Crippen molar-refractivity contribution in [1.82, 2.24) is 15.4 Å². The maximum atomic E-state index is 5.77. The summed E-state index contributed by atoms with van der Waals surface area (Å²) in [6.07, 6.45) is 0. The molecule has 0 aliphatic rings. The quantitative estimate of drug-likeness (QED) is 0.631. The molecule has 0 N–H and O–H groups in total. The van der Waals surface area contributed by atoms with E-state index in [1.165, 1.54) is 4.88 Å². The van der Waals surface area contributed by atoms with Crippen molar-refractivity contribution in [3.63, 3.8) is 0 Å². The van der Waals surface area contributed by atoms with Gasteiger partial charge >= 0.3 is 0 Å². The number of thiophene rings is 1. The van der Waals surface area contributed by atoms with Gasteiger partial charge in [-0.3, -0.25) is 0 Å². The van der Waals surface area contributed by atoms with Crippen molar-refractivity contribution in [3.8, 4) is 0 Å². The Hall–Kier alpha value is -0.740. The van der Waals surface area contributed by atoms with Gasteiger partial charge in [-0.25, -0.2) is 0 Å². The predicted octanol–water partition coefficient (Wildman–Crippen LogP) is 2.05. The Balaban J connectivity index is 2.90. The first-order valence-electron chi connectivity index (χ1n) is 3.02. The number of fused-ring (bicyclic) bond motifs is 1. The molecule has 11 heavy (non-hydrogen) atoms. The van der Waals surface area contributed by atoms with Gasteiger partial charge in [0.05, 0.1) is 4.70 Å². The molecule has 5 heteroatoms. The number of hydrogen-bond donors (Lipinski definition) is 0. The highest BCUT2D eigenvalue weighted by Gasteiger charge is 2.04. The fraction of sp³-hybridized carbons (Fsp3) is 0.167. The normalized spacial score (nSPS) is 10.7. The minimum absolute atomic E-state index is 0.438. The Bertz CT molecular complexity index is 398. The van der Waals surface area contributed by atoms with Crippen molar-refractivity contribution in [2.24, 2.45) is 0 Å². The molecule has 3 nitrogen and oxygen atoms in total. The van der Waals surface area contributed by atoms with Crippen LogP contribution in [0, 0.1) is 6.92 Å². The predicted molar refractivity (Wildman–Crippen MR) is 45.0 cm³/mol. The number of nitrogens with zero attached hydrogens (tertiary/aromatic N) is 3. The molecule has 2 rings (SSSR count). The Morgan fingerprint density at radius 3 is 3.00 bits per heavy atom. The van der Waals surface area contributed by atoms with Gasteiger partial charge in [-0.2, -0.15) is 0 Å². The van der Waals surface area contributed by atoms with E-state index in [4.69, 9.17) is 11.6 Å². The first kappa shape index (κ1) is 6.94. The van der Waals surface area contributed by atoms with Crippen molar-refractivity contribution in [3.05, 3.63) is 16.1 Å². The third-order valence-electron chi connectivity index (χ3n) is 1.31. The van der Waals surface area contributed by atoms with Gasteiger partial charge in [0.2, 0.25) is 0 Å². The lowest BCUT2D eigenvalue weighted by molar-refractivity contribution is 0.898. The molecular formula is C6H4ClN3S. The summed E-state index contributed by atoms with van der Waals surface area (Å²) in [5.41, 5.74) is 0.826. The van der Waals surface area contributed by atoms with Crippen LogP contribution in [-0.4, -0.2) is 15.4 Å². The van der Waals surface area contributed by atoms with E-state index in [0.29, 0.717) is 5.15 Å². The molecule has 0 atom stereocenters. The summed E-state index contributed by atoms with van der Waals surface area (Å²) in [5.74, 6) is 0. The highest BCUT2D eigenvalue weighted by Crippen LogP contribution is 2.27. The van der Waals surface area contributed by atoms with Crippen LogP contribution in [0.4, 0.5) is 0 Å². The average Bonchev–Trinajstić information content (AvgIpc) is 2.31. The summed E-state index contributed by atoms with van der Waals surface area (Å²) in [6, 6.07) is 1.94. The SMILES string of the molecule is Cc1cc2nnnc(Cl)c2s1. The molecule has 2 aromatic heterocycles. The van der Waals surface area contributed by atoms with Crippen molar-refractivity contribution in [2.45, 2.75) is 6.92 Å². The van der Waals surface area contributed by atoms with Crippen LogP contribution in [0.1, 0.15) is 4.88 Å². The monoisotopic (exact) mass is 185 g/mol. The van der Waals surface area contributed by atoms with Crippen LogP contribution in [0.2, 0.25) is 5.15 Å². The van der Waals surface area contributed by atoms with Crippen molar-refractivity contribution >= 4 is 33.2 Å². The number of hydrogen-bond acceptors (Lipinski definition) is 4. The first-order valence-corrected chi connectivity index (χ1v) is 4.22. The average molecular weight is 186 g/mol. The standard InChI is InChI=1S/C6H4ClN3S/c1-3-2-4-5(11-3)6(7)9-10-8-4/h2H,1H3. The summed E-state index contributed by atoms with van der Waals surface area (Å²) in [5, 5.41) is 11.4. The third-order valence-corrected chi connectivity index (χ3v) is 2.73. The molecule has 0 aromatic carbocycles. The van der Waals surface area contributed by atoms with E-state index < -0.39 is 0 Å². The smallest absolute Gasteiger partial charge is 0.135 e. The number of halogens is 1. The van der Waals surface area contributed by atoms with Crippen molar-refractivity contribution in [2.75, 3.05) is 0 Å². The van der Waals surface area contributed by atoms with Crippen LogP contribution in [0.5, 0.6) is 0 Å². The van der Waals surface area contributed by atoms with E-state index in [0.717, 1.165) is 10.2 Å². The van der Waals surface area contributed by atoms with Crippen LogP contribution >= 0.6 is 22.9 Å². The molecule has 0 aliphatic carbocycles. The van der Waals surface area contributed by atoms with E-state index in [-0.39, 0.29) is 0 Å². The Morgan fingerprint density at radius 2 is 2.27 bits per heavy atom. The molecule has 0 fully saturated rings. The summed E-state index contributed by atoms with van der Waals surface area (Å²) in [7, 11) is 0. The molecular weight excluding hydrogens is 182 g/mol. The van der Waals surface area contributed by atoms with E-state index in [1.807, 2.05) is 13.0 Å². The zero-order chi connectivity index (χ0) is 7.84. The Kier molecular flexibility index (Phi) is 1.51. The number of aryl methyl sites for hydroxylation is 1. The summed E-state index contributed by atoms with van der Waals surface area (Å²) in [6.45, 7) is 2.00. The minimum Gasteiger partial charge on any atom is -0.135 e. The van der Waals surface area contributed by atoms with Gasteiger partial charge in [0.1, 0.15) is 5.52 Å². The lowest BCUT2D eigenvalue weighted by atomic mass is 10.4. The molecule has 2 aromatic rings. The van der Waals surface area contributed by atoms with E-state index in [2.05, 4.69) is 15.4 Å². The van der Waals surface area contributed by atoms with Crippen molar-refractivity contribution in [1.29, 1.82) is 0 Å². The zero-order valence-electron chi connectivity index (χ0n) is 5.71. The minimum atomic E-state index is 0.438. The maximum Gasteiger partial charge on any atom is 0.172 e. The van der Waals surface area contributed by atoms with Crippen LogP contribution < -0.4 is 0 Å². The van der Waals surface area contributed by atoms with Gasteiger partial charge in [0.25, 0.3) is 0 Å². The highest BCUT2D eigenvalue weighted by atomic mass is 35.5. The summed E-state index contributed by atoms with van der Waals surface area (Å²) in [4.78, 5) is 1.17. The van der Waals surface area contributed by atoms with Crippen LogP contribution in [-0.2, 0) is 0 Å². The molecule has 0 unspecified atom stereocenters. The summed E-state index contributed by atoms with van der Waals surface area (Å²) < 4.78 is 0.916. The second kappa shape index (κ2) is 2.39. The molecule has 0 radical (unpaired) electrons. The number of rotatable bonds is 0. The second-order valence-corrected chi connectivity index (χ2v) is 3.77. The molecule has 0 spiro atoms. The van der Waals surface area contributed by atoms with E-state index >= 15 is 0 Å².